The summed E-state index contributed by atoms with van der Waals surface area (Å²) in [7, 11) is 0. The Morgan fingerprint density at radius 2 is 1.71 bits per heavy atom. The molecule has 4 heterocycles. The van der Waals surface area contributed by atoms with Gasteiger partial charge in [0, 0.05) is 49.2 Å². The van der Waals surface area contributed by atoms with E-state index in [-0.39, 0.29) is 5.91 Å². The van der Waals surface area contributed by atoms with Crippen LogP contribution in [0.5, 0.6) is 0 Å². The molecule has 31 heavy (non-hydrogen) atoms. The van der Waals surface area contributed by atoms with Crippen molar-refractivity contribution in [2.24, 2.45) is 0 Å². The first-order valence-corrected chi connectivity index (χ1v) is 10.7. The minimum Gasteiger partial charge on any atom is -0.353 e. The molecular formula is C24H22ClN5O. The van der Waals surface area contributed by atoms with Gasteiger partial charge in [-0.05, 0) is 36.4 Å². The lowest BCUT2D eigenvalue weighted by atomic mass is 10.1. The van der Waals surface area contributed by atoms with Gasteiger partial charge in [-0.1, -0.05) is 35.9 Å². The molecule has 1 amide bonds. The van der Waals surface area contributed by atoms with Crippen LogP contribution < -0.4 is 4.90 Å². The number of fused-ring (bicyclic) bond motifs is 1. The van der Waals surface area contributed by atoms with Crippen LogP contribution >= 0.6 is 11.6 Å². The van der Waals surface area contributed by atoms with E-state index in [1.54, 1.807) is 6.20 Å². The summed E-state index contributed by atoms with van der Waals surface area (Å²) in [6.07, 6.45) is 4.06. The van der Waals surface area contributed by atoms with Crippen LogP contribution in [-0.4, -0.2) is 51.4 Å². The Morgan fingerprint density at radius 3 is 2.45 bits per heavy atom. The second-order valence-corrected chi connectivity index (χ2v) is 8.01. The SMILES string of the molecule is O=C(Cc1c(-c2ccc(Cl)cc2)nc2ccccn12)N1CCN(c2ccccn2)CC1. The van der Waals surface area contributed by atoms with Crippen molar-refractivity contribution in [1.82, 2.24) is 19.3 Å². The van der Waals surface area contributed by atoms with Gasteiger partial charge in [-0.15, -0.1) is 0 Å². The van der Waals surface area contributed by atoms with Gasteiger partial charge in [-0.2, -0.15) is 0 Å². The van der Waals surface area contributed by atoms with E-state index in [9.17, 15) is 4.79 Å². The number of amides is 1. The molecule has 0 unspecified atom stereocenters. The first-order chi connectivity index (χ1) is 15.2. The van der Waals surface area contributed by atoms with Gasteiger partial charge in [0.15, 0.2) is 0 Å². The molecule has 1 saturated heterocycles. The summed E-state index contributed by atoms with van der Waals surface area (Å²) in [6, 6.07) is 19.4. The molecule has 0 radical (unpaired) electrons. The Kier molecular flexibility index (Phi) is 5.30. The first-order valence-electron chi connectivity index (χ1n) is 10.3. The maximum Gasteiger partial charge on any atom is 0.228 e. The zero-order chi connectivity index (χ0) is 21.2. The summed E-state index contributed by atoms with van der Waals surface area (Å²) in [5, 5.41) is 0.677. The molecule has 5 rings (SSSR count). The molecule has 4 aromatic rings. The number of pyridine rings is 2. The Balaban J connectivity index is 1.37. The summed E-state index contributed by atoms with van der Waals surface area (Å²) in [4.78, 5) is 26.6. The molecule has 1 aliphatic heterocycles. The summed E-state index contributed by atoms with van der Waals surface area (Å²) in [5.74, 6) is 1.07. The molecule has 1 aliphatic rings. The van der Waals surface area contributed by atoms with E-state index < -0.39 is 0 Å². The molecule has 0 saturated carbocycles. The van der Waals surface area contributed by atoms with E-state index in [2.05, 4.69) is 9.88 Å². The number of anilines is 1. The van der Waals surface area contributed by atoms with Gasteiger partial charge in [0.25, 0.3) is 0 Å². The fourth-order valence-corrected chi connectivity index (χ4v) is 4.16. The van der Waals surface area contributed by atoms with Gasteiger partial charge in [-0.25, -0.2) is 9.97 Å². The third kappa shape index (κ3) is 3.99. The van der Waals surface area contributed by atoms with Crippen molar-refractivity contribution in [1.29, 1.82) is 0 Å². The quantitative estimate of drug-likeness (QED) is 0.491. The third-order valence-electron chi connectivity index (χ3n) is 5.67. The molecule has 156 valence electrons. The number of carbonyl (C=O) groups is 1. The highest BCUT2D eigenvalue weighted by atomic mass is 35.5. The Hall–Kier alpha value is -3.38. The van der Waals surface area contributed by atoms with Crippen LogP contribution in [0.3, 0.4) is 0 Å². The Labute approximate surface area is 185 Å². The summed E-state index contributed by atoms with van der Waals surface area (Å²) in [5.41, 5.74) is 3.50. The molecule has 0 spiro atoms. The minimum absolute atomic E-state index is 0.113. The topological polar surface area (TPSA) is 53.7 Å². The number of benzene rings is 1. The predicted molar refractivity (Wildman–Crippen MR) is 122 cm³/mol. The van der Waals surface area contributed by atoms with Crippen LogP contribution in [0.15, 0.2) is 73.1 Å². The molecule has 1 fully saturated rings. The van der Waals surface area contributed by atoms with E-state index >= 15 is 0 Å². The molecule has 1 aromatic carbocycles. The van der Waals surface area contributed by atoms with E-state index in [0.717, 1.165) is 41.5 Å². The number of rotatable bonds is 4. The monoisotopic (exact) mass is 431 g/mol. The van der Waals surface area contributed by atoms with Gasteiger partial charge in [0.2, 0.25) is 5.91 Å². The van der Waals surface area contributed by atoms with Gasteiger partial charge < -0.3 is 14.2 Å². The van der Waals surface area contributed by atoms with Crippen LogP contribution in [0.2, 0.25) is 5.02 Å². The molecular weight excluding hydrogens is 410 g/mol. The number of aromatic nitrogens is 3. The maximum atomic E-state index is 13.2. The number of piperazine rings is 1. The first kappa shape index (κ1) is 19.6. The number of nitrogens with zero attached hydrogens (tertiary/aromatic N) is 5. The molecule has 0 bridgehead atoms. The molecule has 3 aromatic heterocycles. The predicted octanol–water partition coefficient (Wildman–Crippen LogP) is 3.94. The van der Waals surface area contributed by atoms with E-state index in [1.165, 1.54) is 0 Å². The van der Waals surface area contributed by atoms with E-state index in [1.807, 2.05) is 76.2 Å². The van der Waals surface area contributed by atoms with Crippen LogP contribution in [0, 0.1) is 0 Å². The standard InChI is InChI=1S/C24H22ClN5O/c25-19-9-7-18(8-10-19)24-20(30-12-4-2-6-22(30)27-24)17-23(31)29-15-13-28(14-16-29)21-5-1-3-11-26-21/h1-12H,13-17H2. The highest BCUT2D eigenvalue weighted by molar-refractivity contribution is 6.30. The van der Waals surface area contributed by atoms with Crippen LogP contribution in [-0.2, 0) is 11.2 Å². The molecule has 0 atom stereocenters. The van der Waals surface area contributed by atoms with Crippen molar-refractivity contribution >= 4 is 29.0 Å². The highest BCUT2D eigenvalue weighted by Crippen LogP contribution is 2.27. The maximum absolute atomic E-state index is 13.2. The smallest absolute Gasteiger partial charge is 0.228 e. The fraction of sp³-hybridized carbons (Fsp3) is 0.208. The molecule has 6 nitrogen and oxygen atoms in total. The van der Waals surface area contributed by atoms with Crippen molar-refractivity contribution in [3.05, 3.63) is 83.8 Å². The molecule has 0 aliphatic carbocycles. The number of carbonyl (C=O) groups excluding carboxylic acids is 1. The normalized spacial score (nSPS) is 14.2. The number of imidazole rings is 1. The highest BCUT2D eigenvalue weighted by Gasteiger charge is 2.24. The fourth-order valence-electron chi connectivity index (χ4n) is 4.04. The van der Waals surface area contributed by atoms with Crippen LogP contribution in [0.25, 0.3) is 16.9 Å². The van der Waals surface area contributed by atoms with Gasteiger partial charge in [0.05, 0.1) is 17.8 Å². The second kappa shape index (κ2) is 8.40. The minimum atomic E-state index is 0.113. The van der Waals surface area contributed by atoms with Gasteiger partial charge in [0.1, 0.15) is 11.5 Å². The van der Waals surface area contributed by atoms with Crippen LogP contribution in [0.4, 0.5) is 5.82 Å². The summed E-state index contributed by atoms with van der Waals surface area (Å²) < 4.78 is 2.01. The molecule has 0 N–H and O–H groups in total. The van der Waals surface area contributed by atoms with E-state index in [0.29, 0.717) is 24.5 Å². The number of halogens is 1. The Morgan fingerprint density at radius 1 is 0.935 bits per heavy atom. The number of hydrogen-bond acceptors (Lipinski definition) is 4. The summed E-state index contributed by atoms with van der Waals surface area (Å²) in [6.45, 7) is 2.92. The van der Waals surface area contributed by atoms with Crippen molar-refractivity contribution in [2.45, 2.75) is 6.42 Å². The lowest BCUT2D eigenvalue weighted by molar-refractivity contribution is -0.130. The lowest BCUT2D eigenvalue weighted by Crippen LogP contribution is -2.49. The van der Waals surface area contributed by atoms with Crippen LogP contribution in [0.1, 0.15) is 5.69 Å². The van der Waals surface area contributed by atoms with E-state index in [4.69, 9.17) is 16.6 Å². The van der Waals surface area contributed by atoms with Crippen molar-refractivity contribution in [3.63, 3.8) is 0 Å². The zero-order valence-corrected chi connectivity index (χ0v) is 17.7. The zero-order valence-electron chi connectivity index (χ0n) is 17.0. The summed E-state index contributed by atoms with van der Waals surface area (Å²) >= 11 is 6.06. The lowest BCUT2D eigenvalue weighted by Gasteiger charge is -2.35. The van der Waals surface area contributed by atoms with Crippen molar-refractivity contribution in [3.8, 4) is 11.3 Å². The third-order valence-corrected chi connectivity index (χ3v) is 5.92. The second-order valence-electron chi connectivity index (χ2n) is 7.58. The number of hydrogen-bond donors (Lipinski definition) is 0. The Bertz CT molecular complexity index is 1200. The van der Waals surface area contributed by atoms with Crippen molar-refractivity contribution in [2.75, 3.05) is 31.1 Å². The average molecular weight is 432 g/mol. The van der Waals surface area contributed by atoms with Crippen molar-refractivity contribution < 1.29 is 4.79 Å². The molecule has 7 heteroatoms. The van der Waals surface area contributed by atoms with Gasteiger partial charge in [-0.3, -0.25) is 4.79 Å². The van der Waals surface area contributed by atoms with Gasteiger partial charge >= 0.3 is 0 Å². The average Bonchev–Trinajstić information content (AvgIpc) is 3.18. The largest absolute Gasteiger partial charge is 0.353 e.